The van der Waals surface area contributed by atoms with Crippen LogP contribution < -0.4 is 5.73 Å². The Labute approximate surface area is 145 Å². The lowest BCUT2D eigenvalue weighted by Gasteiger charge is -2.38. The number of nitrogens with zero attached hydrogens (tertiary/aromatic N) is 1. The van der Waals surface area contributed by atoms with Gasteiger partial charge in [0.05, 0.1) is 17.5 Å². The predicted octanol–water partition coefficient (Wildman–Crippen LogP) is 3.62. The maximum atomic E-state index is 13.9. The van der Waals surface area contributed by atoms with Crippen LogP contribution in [0.3, 0.4) is 0 Å². The van der Waals surface area contributed by atoms with Crippen LogP contribution in [-0.2, 0) is 0 Å². The molecule has 4 N–H and O–H groups in total. The Kier molecular flexibility index (Phi) is 3.79. The SMILES string of the molecule is N=C1C=CC2N=C(c3ccc(O)c(F)c3)C3=C(CCCC3)C2C1=CN. The zero-order valence-electron chi connectivity index (χ0n) is 13.8. The number of phenolic OH excluding ortho intramolecular Hbond substituents is 1. The molecule has 1 heterocycles. The van der Waals surface area contributed by atoms with Gasteiger partial charge in [0.2, 0.25) is 0 Å². The van der Waals surface area contributed by atoms with Crippen molar-refractivity contribution >= 4 is 11.4 Å². The monoisotopic (exact) mass is 337 g/mol. The Hall–Kier alpha value is -2.69. The molecule has 1 aromatic carbocycles. The molecule has 0 saturated carbocycles. The lowest BCUT2D eigenvalue weighted by molar-refractivity contribution is 0.432. The molecule has 1 aromatic rings. The minimum absolute atomic E-state index is 0.0171. The molecular formula is C20H20FN3O. The molecule has 4 rings (SSSR count). The largest absolute Gasteiger partial charge is 0.505 e. The van der Waals surface area contributed by atoms with E-state index in [0.717, 1.165) is 42.5 Å². The Morgan fingerprint density at radius 1 is 1.28 bits per heavy atom. The first-order valence-corrected chi connectivity index (χ1v) is 8.58. The molecule has 2 atom stereocenters. The van der Waals surface area contributed by atoms with E-state index in [-0.39, 0.29) is 17.7 Å². The lowest BCUT2D eigenvalue weighted by atomic mass is 9.70. The highest BCUT2D eigenvalue weighted by atomic mass is 19.1. The summed E-state index contributed by atoms with van der Waals surface area (Å²) in [6.45, 7) is 0. The summed E-state index contributed by atoms with van der Waals surface area (Å²) in [4.78, 5) is 4.89. The second kappa shape index (κ2) is 5.99. The highest BCUT2D eigenvalue weighted by Gasteiger charge is 2.38. The number of rotatable bonds is 1. The molecule has 0 spiro atoms. The van der Waals surface area contributed by atoms with E-state index in [9.17, 15) is 9.50 Å². The van der Waals surface area contributed by atoms with Gasteiger partial charge in [0.1, 0.15) is 0 Å². The number of nitrogens with two attached hydrogens (primary N) is 1. The van der Waals surface area contributed by atoms with Gasteiger partial charge >= 0.3 is 0 Å². The zero-order chi connectivity index (χ0) is 17.6. The predicted molar refractivity (Wildman–Crippen MR) is 96.5 cm³/mol. The number of aliphatic imine (C=N–C) groups is 1. The van der Waals surface area contributed by atoms with Gasteiger partial charge in [-0.25, -0.2) is 4.39 Å². The van der Waals surface area contributed by atoms with E-state index < -0.39 is 5.82 Å². The van der Waals surface area contributed by atoms with E-state index in [1.54, 1.807) is 12.1 Å². The molecule has 1 aliphatic heterocycles. The molecule has 25 heavy (non-hydrogen) atoms. The standard InChI is InChI=1S/C20H20FN3O/c21-15-9-11(5-8-18(15)25)20-13-4-2-1-3-12(13)19-14(10-22)16(23)6-7-17(19)24-20/h5-10,17,19,23,25H,1-4,22H2. The van der Waals surface area contributed by atoms with Gasteiger partial charge in [0.25, 0.3) is 0 Å². The van der Waals surface area contributed by atoms with Crippen LogP contribution in [0.2, 0.25) is 0 Å². The fraction of sp³-hybridized carbons (Fsp3) is 0.300. The van der Waals surface area contributed by atoms with E-state index in [2.05, 4.69) is 0 Å². The van der Waals surface area contributed by atoms with Crippen LogP contribution in [0.5, 0.6) is 5.75 Å². The van der Waals surface area contributed by atoms with E-state index in [4.69, 9.17) is 16.1 Å². The maximum Gasteiger partial charge on any atom is 0.165 e. The quantitative estimate of drug-likeness (QED) is 0.731. The number of halogens is 1. The second-order valence-electron chi connectivity index (χ2n) is 6.72. The lowest BCUT2D eigenvalue weighted by Crippen LogP contribution is -2.35. The topological polar surface area (TPSA) is 82.5 Å². The number of allylic oxidation sites excluding steroid dienone is 2. The Bertz CT molecular complexity index is 879. The first-order chi connectivity index (χ1) is 12.1. The van der Waals surface area contributed by atoms with Crippen LogP contribution in [-0.4, -0.2) is 22.6 Å². The summed E-state index contributed by atoms with van der Waals surface area (Å²) in [7, 11) is 0. The smallest absolute Gasteiger partial charge is 0.165 e. The number of aromatic hydroxyl groups is 1. The summed E-state index contributed by atoms with van der Waals surface area (Å²) < 4.78 is 13.9. The minimum Gasteiger partial charge on any atom is -0.505 e. The van der Waals surface area contributed by atoms with Crippen LogP contribution >= 0.6 is 0 Å². The van der Waals surface area contributed by atoms with Gasteiger partial charge in [-0.1, -0.05) is 11.6 Å². The zero-order valence-corrected chi connectivity index (χ0v) is 13.8. The molecule has 0 bridgehead atoms. The van der Waals surface area contributed by atoms with Crippen molar-refractivity contribution < 1.29 is 9.50 Å². The number of hydrogen-bond acceptors (Lipinski definition) is 4. The Morgan fingerprint density at radius 2 is 2.08 bits per heavy atom. The van der Waals surface area contributed by atoms with E-state index in [1.165, 1.54) is 23.9 Å². The van der Waals surface area contributed by atoms with E-state index >= 15 is 0 Å². The molecule has 0 saturated heterocycles. The number of phenols is 1. The minimum atomic E-state index is -0.635. The summed E-state index contributed by atoms with van der Waals surface area (Å²) in [5, 5.41) is 17.6. The van der Waals surface area contributed by atoms with Gasteiger partial charge in [-0.15, -0.1) is 0 Å². The second-order valence-corrected chi connectivity index (χ2v) is 6.72. The van der Waals surface area contributed by atoms with E-state index in [0.29, 0.717) is 11.3 Å². The van der Waals surface area contributed by atoms with Crippen molar-refractivity contribution in [3.8, 4) is 5.75 Å². The molecule has 3 aliphatic rings. The van der Waals surface area contributed by atoms with Crippen molar-refractivity contribution in [2.75, 3.05) is 0 Å². The third-order valence-electron chi connectivity index (χ3n) is 5.30. The van der Waals surface area contributed by atoms with Crippen LogP contribution in [0.4, 0.5) is 4.39 Å². The highest BCUT2D eigenvalue weighted by molar-refractivity contribution is 6.15. The van der Waals surface area contributed by atoms with Crippen molar-refractivity contribution in [2.24, 2.45) is 16.6 Å². The average molecular weight is 337 g/mol. The Balaban J connectivity index is 1.88. The molecule has 0 fully saturated rings. The number of fused-ring (bicyclic) bond motifs is 2. The molecule has 2 unspecified atom stereocenters. The number of benzene rings is 1. The van der Waals surface area contributed by atoms with Crippen molar-refractivity contribution in [3.63, 3.8) is 0 Å². The fourth-order valence-electron chi connectivity index (χ4n) is 4.13. The summed E-state index contributed by atoms with van der Waals surface area (Å²) in [6.07, 6.45) is 9.24. The van der Waals surface area contributed by atoms with Crippen molar-refractivity contribution in [1.29, 1.82) is 5.41 Å². The van der Waals surface area contributed by atoms with Gasteiger partial charge in [-0.05, 0) is 61.7 Å². The molecule has 5 heteroatoms. The number of hydrogen-bond donors (Lipinski definition) is 3. The molecule has 4 nitrogen and oxygen atoms in total. The average Bonchev–Trinajstić information content (AvgIpc) is 2.63. The van der Waals surface area contributed by atoms with Gasteiger partial charge < -0.3 is 16.2 Å². The van der Waals surface area contributed by atoms with Crippen LogP contribution in [0.1, 0.15) is 31.2 Å². The summed E-state index contributed by atoms with van der Waals surface area (Å²) in [6, 6.07) is 4.32. The number of nitrogens with one attached hydrogen (secondary N) is 1. The fourth-order valence-corrected chi connectivity index (χ4v) is 4.13. The summed E-state index contributed by atoms with van der Waals surface area (Å²) >= 11 is 0. The van der Waals surface area contributed by atoms with Crippen molar-refractivity contribution in [1.82, 2.24) is 0 Å². The summed E-state index contributed by atoms with van der Waals surface area (Å²) in [5.74, 6) is -0.970. The van der Waals surface area contributed by atoms with Gasteiger partial charge in [-0.2, -0.15) is 0 Å². The van der Waals surface area contributed by atoms with Crippen LogP contribution in [0, 0.1) is 17.1 Å². The summed E-state index contributed by atoms with van der Waals surface area (Å²) in [5.41, 5.74) is 11.0. The number of dihydropyridines is 1. The van der Waals surface area contributed by atoms with Gasteiger partial charge in [-0.3, -0.25) is 4.99 Å². The molecule has 2 aliphatic carbocycles. The normalized spacial score (nSPS) is 27.2. The van der Waals surface area contributed by atoms with Crippen LogP contribution in [0.15, 0.2) is 58.3 Å². The first-order valence-electron chi connectivity index (χ1n) is 8.58. The van der Waals surface area contributed by atoms with Crippen molar-refractivity contribution in [3.05, 3.63) is 64.7 Å². The molecule has 0 aromatic heterocycles. The van der Waals surface area contributed by atoms with E-state index in [1.807, 2.05) is 6.08 Å². The molecule has 0 radical (unpaired) electrons. The van der Waals surface area contributed by atoms with Crippen molar-refractivity contribution in [2.45, 2.75) is 31.7 Å². The third-order valence-corrected chi connectivity index (χ3v) is 5.30. The highest BCUT2D eigenvalue weighted by Crippen LogP contribution is 2.43. The molecule has 0 amide bonds. The third kappa shape index (κ3) is 2.51. The molecular weight excluding hydrogens is 317 g/mol. The Morgan fingerprint density at radius 3 is 2.84 bits per heavy atom. The van der Waals surface area contributed by atoms with Gasteiger partial charge in [0.15, 0.2) is 11.6 Å². The first kappa shape index (κ1) is 15.8. The molecule has 128 valence electrons. The van der Waals surface area contributed by atoms with Gasteiger partial charge in [0, 0.05) is 17.1 Å². The van der Waals surface area contributed by atoms with Crippen LogP contribution in [0.25, 0.3) is 0 Å². The maximum absolute atomic E-state index is 13.9.